The topological polar surface area (TPSA) is 49.4 Å². The van der Waals surface area contributed by atoms with E-state index in [-0.39, 0.29) is 12.8 Å². The Balaban J connectivity index is 1.98. The third-order valence-corrected chi connectivity index (χ3v) is 5.18. The van der Waals surface area contributed by atoms with Crippen molar-refractivity contribution < 1.29 is 22.8 Å². The van der Waals surface area contributed by atoms with Crippen LogP contribution in [-0.4, -0.2) is 40.0 Å². The van der Waals surface area contributed by atoms with Crippen molar-refractivity contribution in [3.8, 4) is 0 Å². The Bertz CT molecular complexity index is 479. The zero-order valence-electron chi connectivity index (χ0n) is 11.9. The number of nitrogens with one attached hydrogen (secondary N) is 1. The van der Waals surface area contributed by atoms with E-state index in [0.29, 0.717) is 12.8 Å². The van der Waals surface area contributed by atoms with Crippen LogP contribution in [0.5, 0.6) is 0 Å². The van der Waals surface area contributed by atoms with Gasteiger partial charge < -0.3 is 10.2 Å². The number of carbonyl (C=O) groups is 2. The Morgan fingerprint density at radius 3 is 2.14 bits per heavy atom. The summed E-state index contributed by atoms with van der Waals surface area (Å²) in [7, 11) is 0. The summed E-state index contributed by atoms with van der Waals surface area (Å²) in [6.07, 6.45) is -1.34. The Labute approximate surface area is 121 Å². The van der Waals surface area contributed by atoms with Crippen LogP contribution >= 0.6 is 0 Å². The van der Waals surface area contributed by atoms with Crippen molar-refractivity contribution in [2.24, 2.45) is 0 Å². The van der Waals surface area contributed by atoms with E-state index in [9.17, 15) is 22.8 Å². The van der Waals surface area contributed by atoms with Gasteiger partial charge >= 0.3 is 6.18 Å². The molecule has 4 nitrogen and oxygen atoms in total. The predicted molar refractivity (Wildman–Crippen MR) is 68.3 cm³/mol. The van der Waals surface area contributed by atoms with Gasteiger partial charge in [-0.05, 0) is 32.6 Å². The second kappa shape index (κ2) is 4.36. The summed E-state index contributed by atoms with van der Waals surface area (Å²) in [6, 6.07) is -1.06. The molecule has 0 radical (unpaired) electrons. The second-order valence-electron chi connectivity index (χ2n) is 6.51. The van der Waals surface area contributed by atoms with E-state index in [1.807, 2.05) is 0 Å². The lowest BCUT2D eigenvalue weighted by Gasteiger charge is -2.50. The summed E-state index contributed by atoms with van der Waals surface area (Å²) in [5.74, 6) is -1.00. The van der Waals surface area contributed by atoms with Crippen molar-refractivity contribution in [3.63, 3.8) is 0 Å². The van der Waals surface area contributed by atoms with Crippen LogP contribution in [0, 0.1) is 0 Å². The maximum absolute atomic E-state index is 13.4. The van der Waals surface area contributed by atoms with E-state index in [4.69, 9.17) is 0 Å². The molecule has 2 aliphatic carbocycles. The van der Waals surface area contributed by atoms with Gasteiger partial charge in [-0.25, -0.2) is 0 Å². The summed E-state index contributed by atoms with van der Waals surface area (Å²) in [5.41, 5.74) is -3.23. The largest absolute Gasteiger partial charge is 0.411 e. The molecular weight excluding hydrogens is 285 g/mol. The third kappa shape index (κ3) is 1.96. The van der Waals surface area contributed by atoms with Crippen LogP contribution < -0.4 is 5.32 Å². The first kappa shape index (κ1) is 14.7. The molecule has 7 heteroatoms. The van der Waals surface area contributed by atoms with Gasteiger partial charge in [0, 0.05) is 0 Å². The molecule has 1 unspecified atom stereocenters. The molecule has 1 aliphatic heterocycles. The first-order chi connectivity index (χ1) is 9.74. The van der Waals surface area contributed by atoms with Crippen molar-refractivity contribution in [2.75, 3.05) is 0 Å². The standard InChI is InChI=1S/C14H19F3N2O2/c1-9-10(20)18-12(5-3-2-4-6-12)11(21)19(9)13(7-8-13)14(15,16)17/h9H,2-8H2,1H3,(H,18,20). The zero-order chi connectivity index (χ0) is 15.5. The SMILES string of the molecule is CC1C(=O)NC2(CCCCC2)C(=O)N1C1(C(F)(F)F)CC1. The lowest BCUT2D eigenvalue weighted by Crippen LogP contribution is -2.74. The van der Waals surface area contributed by atoms with Crippen LogP contribution in [0.25, 0.3) is 0 Å². The number of piperazine rings is 1. The number of alkyl halides is 3. The molecule has 0 aromatic rings. The number of hydrogen-bond acceptors (Lipinski definition) is 2. The van der Waals surface area contributed by atoms with Crippen LogP contribution in [0.4, 0.5) is 13.2 Å². The quantitative estimate of drug-likeness (QED) is 0.807. The van der Waals surface area contributed by atoms with E-state index in [1.165, 1.54) is 6.92 Å². The molecule has 0 aromatic heterocycles. The summed E-state index contributed by atoms with van der Waals surface area (Å²) < 4.78 is 40.2. The van der Waals surface area contributed by atoms with Crippen LogP contribution in [0.2, 0.25) is 0 Å². The normalized spacial score (nSPS) is 31.2. The average Bonchev–Trinajstić information content (AvgIpc) is 3.19. The van der Waals surface area contributed by atoms with Gasteiger partial charge in [-0.3, -0.25) is 9.59 Å². The Morgan fingerprint density at radius 2 is 1.67 bits per heavy atom. The van der Waals surface area contributed by atoms with Gasteiger partial charge in [-0.2, -0.15) is 13.2 Å². The smallest absolute Gasteiger partial charge is 0.340 e. The maximum Gasteiger partial charge on any atom is 0.411 e. The van der Waals surface area contributed by atoms with Gasteiger partial charge in [-0.1, -0.05) is 19.3 Å². The van der Waals surface area contributed by atoms with Crippen LogP contribution in [0.15, 0.2) is 0 Å². The third-order valence-electron chi connectivity index (χ3n) is 5.18. The fourth-order valence-electron chi connectivity index (χ4n) is 3.76. The minimum atomic E-state index is -4.48. The Kier molecular flexibility index (Phi) is 3.05. The summed E-state index contributed by atoms with van der Waals surface area (Å²) in [4.78, 5) is 25.8. The van der Waals surface area contributed by atoms with Crippen LogP contribution in [0.3, 0.4) is 0 Å². The van der Waals surface area contributed by atoms with Crippen LogP contribution in [-0.2, 0) is 9.59 Å². The molecule has 1 N–H and O–H groups in total. The minimum absolute atomic E-state index is 0.101. The number of hydrogen-bond donors (Lipinski definition) is 1. The molecule has 3 aliphatic rings. The molecule has 0 bridgehead atoms. The van der Waals surface area contributed by atoms with E-state index in [0.717, 1.165) is 24.2 Å². The zero-order valence-corrected chi connectivity index (χ0v) is 11.9. The number of nitrogens with zero attached hydrogens (tertiary/aromatic N) is 1. The van der Waals surface area contributed by atoms with E-state index in [1.54, 1.807) is 0 Å². The molecule has 1 spiro atoms. The number of halogens is 3. The molecular formula is C14H19F3N2O2. The molecule has 0 aromatic carbocycles. The van der Waals surface area contributed by atoms with Gasteiger partial charge in [0.2, 0.25) is 11.8 Å². The molecule has 3 fully saturated rings. The van der Waals surface area contributed by atoms with Gasteiger partial charge in [0.15, 0.2) is 0 Å². The molecule has 21 heavy (non-hydrogen) atoms. The lowest BCUT2D eigenvalue weighted by molar-refractivity contribution is -0.212. The molecule has 3 rings (SSSR count). The van der Waals surface area contributed by atoms with Crippen molar-refractivity contribution in [2.45, 2.75) is 75.2 Å². The van der Waals surface area contributed by atoms with Gasteiger partial charge in [0.1, 0.15) is 17.1 Å². The monoisotopic (exact) mass is 304 g/mol. The van der Waals surface area contributed by atoms with Gasteiger partial charge in [0.05, 0.1) is 0 Å². The van der Waals surface area contributed by atoms with Crippen molar-refractivity contribution in [1.82, 2.24) is 10.2 Å². The molecule has 1 atom stereocenters. The molecule has 2 amide bonds. The second-order valence-corrected chi connectivity index (χ2v) is 6.51. The Morgan fingerprint density at radius 1 is 1.10 bits per heavy atom. The first-order valence-corrected chi connectivity index (χ1v) is 7.46. The van der Waals surface area contributed by atoms with Gasteiger partial charge in [0.25, 0.3) is 0 Å². The highest BCUT2D eigenvalue weighted by Crippen LogP contribution is 2.56. The van der Waals surface area contributed by atoms with Crippen molar-refractivity contribution >= 4 is 11.8 Å². The highest BCUT2D eigenvalue weighted by Gasteiger charge is 2.71. The van der Waals surface area contributed by atoms with Gasteiger partial charge in [-0.15, -0.1) is 0 Å². The summed E-state index contributed by atoms with van der Waals surface area (Å²) in [5, 5.41) is 2.72. The van der Waals surface area contributed by atoms with Crippen molar-refractivity contribution in [3.05, 3.63) is 0 Å². The first-order valence-electron chi connectivity index (χ1n) is 7.46. The number of rotatable bonds is 1. The number of amides is 2. The molecule has 118 valence electrons. The van der Waals surface area contributed by atoms with E-state index >= 15 is 0 Å². The highest BCUT2D eigenvalue weighted by atomic mass is 19.4. The Hall–Kier alpha value is -1.27. The molecule has 1 heterocycles. The maximum atomic E-state index is 13.4. The summed E-state index contributed by atoms with van der Waals surface area (Å²) in [6.45, 7) is 1.38. The molecule has 1 saturated heterocycles. The van der Waals surface area contributed by atoms with E-state index in [2.05, 4.69) is 5.32 Å². The minimum Gasteiger partial charge on any atom is -0.340 e. The highest BCUT2D eigenvalue weighted by molar-refractivity contribution is 6.00. The predicted octanol–water partition coefficient (Wildman–Crippen LogP) is 2.13. The summed E-state index contributed by atoms with van der Waals surface area (Å²) >= 11 is 0. The van der Waals surface area contributed by atoms with Crippen LogP contribution in [0.1, 0.15) is 51.9 Å². The fourth-order valence-corrected chi connectivity index (χ4v) is 3.76. The molecule has 2 saturated carbocycles. The lowest BCUT2D eigenvalue weighted by atomic mass is 9.78. The van der Waals surface area contributed by atoms with E-state index < -0.39 is 35.1 Å². The average molecular weight is 304 g/mol. The number of carbonyl (C=O) groups excluding carboxylic acids is 2. The van der Waals surface area contributed by atoms with Crippen molar-refractivity contribution in [1.29, 1.82) is 0 Å². The fraction of sp³-hybridized carbons (Fsp3) is 0.857.